The Morgan fingerprint density at radius 1 is 1.21 bits per heavy atom. The van der Waals surface area contributed by atoms with Gasteiger partial charge in [0.1, 0.15) is 0 Å². The Morgan fingerprint density at radius 2 is 1.91 bits per heavy atom. The minimum Gasteiger partial charge on any atom is -0.478 e. The molecule has 4 nitrogen and oxygen atoms in total. The third-order valence-corrected chi connectivity index (χ3v) is 7.31. The first-order valence-electron chi connectivity index (χ1n) is 11.9. The number of alkyl halides is 1. The van der Waals surface area contributed by atoms with Crippen LogP contribution in [0.4, 0.5) is 4.39 Å². The van der Waals surface area contributed by atoms with Gasteiger partial charge in [0.2, 0.25) is 0 Å². The van der Waals surface area contributed by atoms with Crippen LogP contribution in [0.2, 0.25) is 0 Å². The number of benzene rings is 2. The van der Waals surface area contributed by atoms with Gasteiger partial charge >= 0.3 is 5.97 Å². The maximum absolute atomic E-state index is 13.7. The van der Waals surface area contributed by atoms with E-state index in [-0.39, 0.29) is 24.2 Å². The van der Waals surface area contributed by atoms with E-state index in [2.05, 4.69) is 60.1 Å². The summed E-state index contributed by atoms with van der Waals surface area (Å²) in [7, 11) is 0. The molecule has 1 aliphatic heterocycles. The van der Waals surface area contributed by atoms with Crippen LogP contribution in [0.1, 0.15) is 62.0 Å². The number of para-hydroxylation sites is 1. The molecule has 174 valence electrons. The van der Waals surface area contributed by atoms with Gasteiger partial charge in [0.05, 0.1) is 12.7 Å². The van der Waals surface area contributed by atoms with Gasteiger partial charge in [0.25, 0.3) is 0 Å². The highest BCUT2D eigenvalue weighted by molar-refractivity contribution is 5.86. The summed E-state index contributed by atoms with van der Waals surface area (Å²) in [5.41, 5.74) is 5.59. The van der Waals surface area contributed by atoms with Crippen LogP contribution in [0, 0.1) is 5.92 Å². The zero-order valence-corrected chi connectivity index (χ0v) is 19.6. The Kier molecular flexibility index (Phi) is 6.71. The highest BCUT2D eigenvalue weighted by atomic mass is 19.1. The van der Waals surface area contributed by atoms with Gasteiger partial charge in [-0.15, -0.1) is 0 Å². The molecule has 4 rings (SSSR count). The zero-order valence-electron chi connectivity index (χ0n) is 19.6. The molecule has 0 fully saturated rings. The van der Waals surface area contributed by atoms with Gasteiger partial charge in [-0.1, -0.05) is 63.2 Å². The summed E-state index contributed by atoms with van der Waals surface area (Å²) in [6.07, 6.45) is 5.66. The second-order valence-electron chi connectivity index (χ2n) is 9.32. The van der Waals surface area contributed by atoms with Crippen LogP contribution in [0.15, 0.2) is 54.6 Å². The molecule has 3 aromatic rings. The number of H-pyrrole nitrogens is 1. The number of aromatic nitrogens is 1. The molecule has 0 saturated carbocycles. The van der Waals surface area contributed by atoms with E-state index in [4.69, 9.17) is 5.11 Å². The summed E-state index contributed by atoms with van der Waals surface area (Å²) in [4.78, 5) is 17.1. The Balaban J connectivity index is 1.89. The standard InChI is InChI=1S/C28H33FN2O2/c1-4-28(5-2)16-23-22-8-6-7-9-24(22)30-26(23)27(31(28)18-19(3)17-29)21-13-10-20(11-14-21)12-15-25(32)33/h6-15,19,27,30H,4-5,16-18H2,1-3H3,(H,32,33). The predicted octanol–water partition coefficient (Wildman–Crippen LogP) is 6.38. The normalized spacial score (nSPS) is 19.1. The van der Waals surface area contributed by atoms with Gasteiger partial charge in [-0.05, 0) is 54.0 Å². The van der Waals surface area contributed by atoms with Gasteiger partial charge in [-0.2, -0.15) is 0 Å². The average molecular weight is 449 g/mol. The van der Waals surface area contributed by atoms with Gasteiger partial charge in [-0.3, -0.25) is 9.29 Å². The Hall–Kier alpha value is -2.92. The van der Waals surface area contributed by atoms with E-state index in [0.29, 0.717) is 6.54 Å². The van der Waals surface area contributed by atoms with Gasteiger partial charge in [-0.25, -0.2) is 4.79 Å². The summed E-state index contributed by atoms with van der Waals surface area (Å²) >= 11 is 0. The molecule has 2 aromatic carbocycles. The first-order chi connectivity index (χ1) is 15.9. The van der Waals surface area contributed by atoms with E-state index in [9.17, 15) is 9.18 Å². The second kappa shape index (κ2) is 9.52. The fraction of sp³-hybridized carbons (Fsp3) is 0.393. The number of carbonyl (C=O) groups is 1. The molecule has 0 bridgehead atoms. The van der Waals surface area contributed by atoms with Crippen molar-refractivity contribution >= 4 is 22.9 Å². The Labute approximate surface area is 195 Å². The van der Waals surface area contributed by atoms with Crippen LogP contribution < -0.4 is 0 Å². The van der Waals surface area contributed by atoms with Crippen molar-refractivity contribution in [2.75, 3.05) is 13.2 Å². The summed E-state index contributed by atoms with van der Waals surface area (Å²) < 4.78 is 13.7. The summed E-state index contributed by atoms with van der Waals surface area (Å²) in [5, 5.41) is 10.2. The monoisotopic (exact) mass is 448 g/mol. The first-order valence-corrected chi connectivity index (χ1v) is 11.9. The minimum absolute atomic E-state index is 0.0208. The second-order valence-corrected chi connectivity index (χ2v) is 9.32. The van der Waals surface area contributed by atoms with Crippen molar-refractivity contribution in [3.8, 4) is 0 Å². The molecule has 5 heteroatoms. The highest BCUT2D eigenvalue weighted by Gasteiger charge is 2.45. The molecular formula is C28H33FN2O2. The molecule has 1 aliphatic rings. The smallest absolute Gasteiger partial charge is 0.328 e. The molecule has 0 saturated heterocycles. The SMILES string of the molecule is CCC1(CC)Cc2c([nH]c3ccccc23)C(c2ccc(C=CC(=O)O)cc2)N1CC(C)CF. The van der Waals surface area contributed by atoms with E-state index in [1.54, 1.807) is 6.08 Å². The van der Waals surface area contributed by atoms with E-state index >= 15 is 0 Å². The molecule has 33 heavy (non-hydrogen) atoms. The lowest BCUT2D eigenvalue weighted by Gasteiger charge is -2.52. The third kappa shape index (κ3) is 4.34. The van der Waals surface area contributed by atoms with Crippen LogP contribution in [-0.4, -0.2) is 39.7 Å². The largest absolute Gasteiger partial charge is 0.478 e. The van der Waals surface area contributed by atoms with Gasteiger partial charge < -0.3 is 10.1 Å². The maximum Gasteiger partial charge on any atom is 0.328 e. The lowest BCUT2D eigenvalue weighted by atomic mass is 9.75. The number of rotatable bonds is 8. The number of nitrogens with zero attached hydrogens (tertiary/aromatic N) is 1. The predicted molar refractivity (Wildman–Crippen MR) is 132 cm³/mol. The van der Waals surface area contributed by atoms with Crippen LogP contribution in [0.25, 0.3) is 17.0 Å². The minimum atomic E-state index is -0.962. The van der Waals surface area contributed by atoms with Crippen molar-refractivity contribution in [3.63, 3.8) is 0 Å². The number of carboxylic acid groups (broad SMARTS) is 1. The van der Waals surface area contributed by atoms with Gasteiger partial charge in [0, 0.05) is 34.8 Å². The van der Waals surface area contributed by atoms with Crippen molar-refractivity contribution < 1.29 is 14.3 Å². The molecule has 0 amide bonds. The molecule has 0 radical (unpaired) electrons. The number of carboxylic acids is 1. The van der Waals surface area contributed by atoms with Crippen molar-refractivity contribution in [2.24, 2.45) is 5.92 Å². The van der Waals surface area contributed by atoms with Crippen LogP contribution in [0.3, 0.4) is 0 Å². The third-order valence-electron chi connectivity index (χ3n) is 7.31. The fourth-order valence-electron chi connectivity index (χ4n) is 5.40. The summed E-state index contributed by atoms with van der Waals surface area (Å²) in [6, 6.07) is 16.5. The number of halogens is 1. The first kappa shape index (κ1) is 23.2. The van der Waals surface area contributed by atoms with Gasteiger partial charge in [0.15, 0.2) is 0 Å². The summed E-state index contributed by atoms with van der Waals surface area (Å²) in [5.74, 6) is -1.02. The summed E-state index contributed by atoms with van der Waals surface area (Å²) in [6.45, 7) is 6.80. The van der Waals surface area contributed by atoms with Crippen molar-refractivity contribution in [3.05, 3.63) is 77.0 Å². The van der Waals surface area contributed by atoms with E-state index in [1.807, 2.05) is 19.1 Å². The molecule has 2 unspecified atom stereocenters. The number of hydrogen-bond donors (Lipinski definition) is 2. The topological polar surface area (TPSA) is 56.3 Å². The number of aromatic amines is 1. The average Bonchev–Trinajstić information content (AvgIpc) is 3.20. The number of hydrogen-bond acceptors (Lipinski definition) is 2. The lowest BCUT2D eigenvalue weighted by Crippen LogP contribution is -2.56. The highest BCUT2D eigenvalue weighted by Crippen LogP contribution is 2.47. The molecule has 0 aliphatic carbocycles. The molecule has 2 heterocycles. The number of aliphatic carboxylic acids is 1. The molecule has 0 spiro atoms. The van der Waals surface area contributed by atoms with Crippen molar-refractivity contribution in [1.82, 2.24) is 9.88 Å². The molecule has 1 aromatic heterocycles. The van der Waals surface area contributed by atoms with Crippen LogP contribution in [0.5, 0.6) is 0 Å². The van der Waals surface area contributed by atoms with Crippen molar-refractivity contribution in [1.29, 1.82) is 0 Å². The molecular weight excluding hydrogens is 415 g/mol. The lowest BCUT2D eigenvalue weighted by molar-refractivity contribution is -0.131. The number of fused-ring (bicyclic) bond motifs is 3. The van der Waals surface area contributed by atoms with E-state index in [0.717, 1.165) is 42.0 Å². The van der Waals surface area contributed by atoms with E-state index < -0.39 is 5.97 Å². The number of nitrogens with one attached hydrogen (secondary N) is 1. The zero-order chi connectivity index (χ0) is 23.6. The Morgan fingerprint density at radius 3 is 2.55 bits per heavy atom. The Bertz CT molecular complexity index is 1140. The molecule has 2 N–H and O–H groups in total. The maximum atomic E-state index is 13.7. The van der Waals surface area contributed by atoms with Crippen LogP contribution >= 0.6 is 0 Å². The van der Waals surface area contributed by atoms with Crippen molar-refractivity contribution in [2.45, 2.75) is 51.6 Å². The van der Waals surface area contributed by atoms with Crippen LogP contribution in [-0.2, 0) is 11.2 Å². The van der Waals surface area contributed by atoms with E-state index in [1.165, 1.54) is 16.6 Å². The quantitative estimate of drug-likeness (QED) is 0.393. The molecule has 2 atom stereocenters. The fourth-order valence-corrected chi connectivity index (χ4v) is 5.40.